The van der Waals surface area contributed by atoms with Crippen molar-refractivity contribution in [3.63, 3.8) is 0 Å². The van der Waals surface area contributed by atoms with Crippen LogP contribution in [-0.4, -0.2) is 0 Å². The first kappa shape index (κ1) is 10.5. The van der Waals surface area contributed by atoms with Gasteiger partial charge >= 0.3 is 0 Å². The molecule has 0 aromatic heterocycles. The monoisotopic (exact) mass is 194 g/mol. The fraction of sp³-hybridized carbons (Fsp3) is 1.00. The molecule has 14 heavy (non-hydrogen) atoms. The maximum absolute atomic E-state index is 2.43. The van der Waals surface area contributed by atoms with Crippen molar-refractivity contribution in [1.29, 1.82) is 0 Å². The van der Waals surface area contributed by atoms with Crippen molar-refractivity contribution in [3.8, 4) is 0 Å². The van der Waals surface area contributed by atoms with E-state index in [2.05, 4.69) is 34.6 Å². The molecule has 0 nitrogen and oxygen atoms in total. The molecular weight excluding hydrogens is 168 g/mol. The van der Waals surface area contributed by atoms with Crippen LogP contribution in [0.4, 0.5) is 0 Å². The third kappa shape index (κ3) is 1.61. The van der Waals surface area contributed by atoms with Gasteiger partial charge in [-0.05, 0) is 54.3 Å². The van der Waals surface area contributed by atoms with Crippen LogP contribution in [0.15, 0.2) is 0 Å². The van der Waals surface area contributed by atoms with E-state index in [0.29, 0.717) is 5.41 Å². The van der Waals surface area contributed by atoms with E-state index in [1.807, 2.05) is 0 Å². The Balaban J connectivity index is 2.03. The average molecular weight is 194 g/mol. The van der Waals surface area contributed by atoms with Crippen molar-refractivity contribution < 1.29 is 0 Å². The van der Waals surface area contributed by atoms with Gasteiger partial charge in [-0.25, -0.2) is 0 Å². The second kappa shape index (κ2) is 3.25. The molecule has 2 rings (SSSR count). The van der Waals surface area contributed by atoms with Crippen LogP contribution < -0.4 is 0 Å². The van der Waals surface area contributed by atoms with Crippen LogP contribution in [-0.2, 0) is 0 Å². The molecular formula is C14H26. The zero-order valence-corrected chi connectivity index (χ0v) is 10.5. The number of hydrogen-bond donors (Lipinski definition) is 0. The molecule has 0 amide bonds. The number of rotatable bonds is 1. The summed E-state index contributed by atoms with van der Waals surface area (Å²) in [5, 5.41) is 0. The first-order valence-electron chi connectivity index (χ1n) is 6.39. The lowest BCUT2D eigenvalue weighted by Crippen LogP contribution is -2.29. The third-order valence-electron chi connectivity index (χ3n) is 4.88. The lowest BCUT2D eigenvalue weighted by molar-refractivity contribution is 0.119. The largest absolute Gasteiger partial charge is 0.0625 e. The van der Waals surface area contributed by atoms with Gasteiger partial charge in [0.05, 0.1) is 0 Å². The summed E-state index contributed by atoms with van der Waals surface area (Å²) in [6.07, 6.45) is 4.60. The summed E-state index contributed by atoms with van der Waals surface area (Å²) in [6.45, 7) is 12.1. The highest BCUT2D eigenvalue weighted by molar-refractivity contribution is 4.99. The fourth-order valence-corrected chi connectivity index (χ4v) is 4.20. The Labute approximate surface area is 89.5 Å². The van der Waals surface area contributed by atoms with E-state index < -0.39 is 0 Å². The minimum Gasteiger partial charge on any atom is -0.0625 e. The van der Waals surface area contributed by atoms with E-state index in [9.17, 15) is 0 Å². The maximum atomic E-state index is 2.43. The summed E-state index contributed by atoms with van der Waals surface area (Å²) < 4.78 is 0. The Bertz CT molecular complexity index is 209. The molecule has 0 saturated heterocycles. The maximum Gasteiger partial charge on any atom is -0.0334 e. The van der Waals surface area contributed by atoms with Crippen molar-refractivity contribution >= 4 is 0 Å². The molecule has 0 aromatic rings. The smallest absolute Gasteiger partial charge is 0.0334 e. The van der Waals surface area contributed by atoms with E-state index in [-0.39, 0.29) is 0 Å². The predicted molar refractivity (Wildman–Crippen MR) is 62.1 cm³/mol. The molecule has 2 unspecified atom stereocenters. The van der Waals surface area contributed by atoms with Gasteiger partial charge in [0.15, 0.2) is 0 Å². The van der Waals surface area contributed by atoms with E-state index in [1.165, 1.54) is 12.8 Å². The van der Waals surface area contributed by atoms with Crippen LogP contribution in [0.2, 0.25) is 0 Å². The molecule has 2 aliphatic rings. The molecule has 0 heterocycles. The molecule has 2 bridgehead atoms. The first-order valence-corrected chi connectivity index (χ1v) is 6.39. The number of fused-ring (bicyclic) bond motifs is 2. The highest BCUT2D eigenvalue weighted by atomic mass is 14.5. The zero-order chi connectivity index (χ0) is 10.5. The zero-order valence-electron chi connectivity index (χ0n) is 10.5. The Morgan fingerprint density at radius 2 is 1.57 bits per heavy atom. The lowest BCUT2D eigenvalue weighted by Gasteiger charge is -2.37. The van der Waals surface area contributed by atoms with E-state index in [0.717, 1.165) is 29.6 Å². The molecule has 2 saturated carbocycles. The highest BCUT2D eigenvalue weighted by Gasteiger charge is 2.49. The summed E-state index contributed by atoms with van der Waals surface area (Å²) >= 11 is 0. The summed E-state index contributed by atoms with van der Waals surface area (Å²) in [6, 6.07) is 0. The quantitative estimate of drug-likeness (QED) is 0.582. The standard InChI is InChI=1S/C14H26/c1-9(2)12-7-11-6-10(12)8-13(11)14(3,4)5/h9-13H,6-8H2,1-5H3/t10-,11-,12?,13?/m1/s1. The molecule has 2 aliphatic carbocycles. The van der Waals surface area contributed by atoms with Gasteiger partial charge in [0.1, 0.15) is 0 Å². The third-order valence-corrected chi connectivity index (χ3v) is 4.88. The van der Waals surface area contributed by atoms with Crippen LogP contribution in [0.25, 0.3) is 0 Å². The Morgan fingerprint density at radius 1 is 0.929 bits per heavy atom. The van der Waals surface area contributed by atoms with Crippen molar-refractivity contribution in [3.05, 3.63) is 0 Å². The second-order valence-corrected chi connectivity index (χ2v) is 7.11. The number of hydrogen-bond acceptors (Lipinski definition) is 0. The molecule has 0 radical (unpaired) electrons. The summed E-state index contributed by atoms with van der Waals surface area (Å²) in [4.78, 5) is 0. The van der Waals surface area contributed by atoms with Gasteiger partial charge in [-0.2, -0.15) is 0 Å². The van der Waals surface area contributed by atoms with Crippen LogP contribution in [0, 0.1) is 35.0 Å². The van der Waals surface area contributed by atoms with E-state index in [1.54, 1.807) is 6.42 Å². The Hall–Kier alpha value is 0. The van der Waals surface area contributed by atoms with E-state index in [4.69, 9.17) is 0 Å². The summed E-state index contributed by atoms with van der Waals surface area (Å²) in [5.41, 5.74) is 0.557. The molecule has 82 valence electrons. The molecule has 4 atom stereocenters. The first-order chi connectivity index (χ1) is 6.39. The highest BCUT2D eigenvalue weighted by Crippen LogP contribution is 2.58. The minimum absolute atomic E-state index is 0.557. The van der Waals surface area contributed by atoms with Gasteiger partial charge in [-0.3, -0.25) is 0 Å². The van der Waals surface area contributed by atoms with Crippen LogP contribution in [0.3, 0.4) is 0 Å². The second-order valence-electron chi connectivity index (χ2n) is 7.11. The van der Waals surface area contributed by atoms with Crippen LogP contribution >= 0.6 is 0 Å². The fourth-order valence-electron chi connectivity index (χ4n) is 4.20. The van der Waals surface area contributed by atoms with Crippen molar-refractivity contribution in [1.82, 2.24) is 0 Å². The van der Waals surface area contributed by atoms with Gasteiger partial charge in [0, 0.05) is 0 Å². The SMILES string of the molecule is CC(C)C1C[C@H]2C[C@@H]1CC2C(C)(C)C. The van der Waals surface area contributed by atoms with Crippen LogP contribution in [0.1, 0.15) is 53.9 Å². The van der Waals surface area contributed by atoms with Crippen molar-refractivity contribution in [2.75, 3.05) is 0 Å². The topological polar surface area (TPSA) is 0 Å². The molecule has 2 fully saturated rings. The predicted octanol–water partition coefficient (Wildman–Crippen LogP) is 4.35. The van der Waals surface area contributed by atoms with Crippen molar-refractivity contribution in [2.45, 2.75) is 53.9 Å². The van der Waals surface area contributed by atoms with Gasteiger partial charge in [-0.15, -0.1) is 0 Å². The molecule has 0 heteroatoms. The molecule has 0 aliphatic heterocycles. The van der Waals surface area contributed by atoms with Crippen LogP contribution in [0.5, 0.6) is 0 Å². The minimum atomic E-state index is 0.557. The van der Waals surface area contributed by atoms with E-state index >= 15 is 0 Å². The summed E-state index contributed by atoms with van der Waals surface area (Å²) in [5.74, 6) is 5.13. The Morgan fingerprint density at radius 3 is 1.93 bits per heavy atom. The van der Waals surface area contributed by atoms with Crippen molar-refractivity contribution in [2.24, 2.45) is 35.0 Å². The van der Waals surface area contributed by atoms with Gasteiger partial charge in [0.2, 0.25) is 0 Å². The van der Waals surface area contributed by atoms with Gasteiger partial charge < -0.3 is 0 Å². The Kier molecular flexibility index (Phi) is 2.44. The molecule has 0 N–H and O–H groups in total. The molecule has 0 aromatic carbocycles. The lowest BCUT2D eigenvalue weighted by atomic mass is 9.68. The average Bonchev–Trinajstić information content (AvgIpc) is 2.58. The molecule has 0 spiro atoms. The van der Waals surface area contributed by atoms with Gasteiger partial charge in [-0.1, -0.05) is 34.6 Å². The van der Waals surface area contributed by atoms with Gasteiger partial charge in [0.25, 0.3) is 0 Å². The normalized spacial score (nSPS) is 42.4. The summed E-state index contributed by atoms with van der Waals surface area (Å²) in [7, 11) is 0.